The van der Waals surface area contributed by atoms with Gasteiger partial charge in [0.2, 0.25) is 0 Å². The van der Waals surface area contributed by atoms with Gasteiger partial charge in [0.15, 0.2) is 0 Å². The Hall–Kier alpha value is -2.86. The molecule has 138 valence electrons. The number of allylic oxidation sites excluding steroid dienone is 1. The summed E-state index contributed by atoms with van der Waals surface area (Å²) >= 11 is 0. The molecule has 0 radical (unpaired) electrons. The molecule has 3 rings (SSSR count). The highest BCUT2D eigenvalue weighted by atomic mass is 19.1. The molecule has 2 aromatic rings. The van der Waals surface area contributed by atoms with Gasteiger partial charge in [-0.1, -0.05) is 35.6 Å². The minimum atomic E-state index is -0.490. The number of ether oxygens (including phenoxy) is 1. The maximum absolute atomic E-state index is 14.3. The molecule has 0 aliphatic heterocycles. The topological polar surface area (TPSA) is 26.3 Å². The van der Waals surface area contributed by atoms with E-state index in [9.17, 15) is 9.18 Å². The predicted molar refractivity (Wildman–Crippen MR) is 105 cm³/mol. The Morgan fingerprint density at radius 1 is 1.11 bits per heavy atom. The molecule has 2 aromatic carbocycles. The molecule has 2 nitrogen and oxygen atoms in total. The van der Waals surface area contributed by atoms with Crippen LogP contribution in [0.3, 0.4) is 0 Å². The number of carbonyl (C=O) groups excluding carboxylic acids is 1. The third-order valence-corrected chi connectivity index (χ3v) is 4.99. The summed E-state index contributed by atoms with van der Waals surface area (Å²) in [5, 5.41) is 0. The summed E-state index contributed by atoms with van der Waals surface area (Å²) in [6, 6.07) is 12.1. The van der Waals surface area contributed by atoms with Crippen LogP contribution in [0, 0.1) is 36.4 Å². The molecular weight excluding hydrogens is 339 g/mol. The van der Waals surface area contributed by atoms with E-state index in [1.165, 1.54) is 6.07 Å². The lowest BCUT2D eigenvalue weighted by Gasteiger charge is -2.24. The Morgan fingerprint density at radius 3 is 2.44 bits per heavy atom. The molecule has 0 bridgehead atoms. The molecule has 0 spiro atoms. The van der Waals surface area contributed by atoms with Crippen molar-refractivity contribution in [2.75, 3.05) is 0 Å². The SMILES string of the molecule is C=CC1CCC(C(=O)Oc2ccc(C#Cc3ccc(C)cc3)c(F)c2)CC1. The van der Waals surface area contributed by atoms with Crippen LogP contribution < -0.4 is 4.74 Å². The van der Waals surface area contributed by atoms with Gasteiger partial charge in [-0.2, -0.15) is 0 Å². The average molecular weight is 362 g/mol. The van der Waals surface area contributed by atoms with Crippen LogP contribution in [0.4, 0.5) is 4.39 Å². The lowest BCUT2D eigenvalue weighted by Crippen LogP contribution is -2.25. The zero-order valence-corrected chi connectivity index (χ0v) is 15.5. The average Bonchev–Trinajstić information content (AvgIpc) is 2.68. The van der Waals surface area contributed by atoms with Crippen molar-refractivity contribution in [2.45, 2.75) is 32.6 Å². The normalized spacial score (nSPS) is 18.9. The lowest BCUT2D eigenvalue weighted by molar-refractivity contribution is -0.140. The molecule has 1 saturated carbocycles. The first-order valence-corrected chi connectivity index (χ1v) is 9.27. The fourth-order valence-corrected chi connectivity index (χ4v) is 3.23. The van der Waals surface area contributed by atoms with Gasteiger partial charge in [0.05, 0.1) is 11.5 Å². The van der Waals surface area contributed by atoms with E-state index >= 15 is 0 Å². The van der Waals surface area contributed by atoms with Crippen molar-refractivity contribution in [3.8, 4) is 17.6 Å². The maximum Gasteiger partial charge on any atom is 0.314 e. The largest absolute Gasteiger partial charge is 0.426 e. The highest BCUT2D eigenvalue weighted by Crippen LogP contribution is 2.30. The first kappa shape index (κ1) is 18.9. The summed E-state index contributed by atoms with van der Waals surface area (Å²) in [6.07, 6.45) is 5.43. The first-order chi connectivity index (χ1) is 13.0. The van der Waals surface area contributed by atoms with E-state index in [-0.39, 0.29) is 23.2 Å². The van der Waals surface area contributed by atoms with E-state index in [1.807, 2.05) is 37.3 Å². The Bertz CT molecular complexity index is 879. The molecule has 0 saturated heterocycles. The Balaban J connectivity index is 1.64. The Labute approximate surface area is 160 Å². The summed E-state index contributed by atoms with van der Waals surface area (Å²) in [6.45, 7) is 5.81. The maximum atomic E-state index is 14.3. The molecule has 0 N–H and O–H groups in total. The molecule has 1 aliphatic rings. The van der Waals surface area contributed by atoms with Crippen molar-refractivity contribution in [3.63, 3.8) is 0 Å². The van der Waals surface area contributed by atoms with Gasteiger partial charge in [0.1, 0.15) is 11.6 Å². The van der Waals surface area contributed by atoms with Crippen molar-refractivity contribution in [3.05, 3.63) is 77.6 Å². The van der Waals surface area contributed by atoms with Crippen LogP contribution in [-0.4, -0.2) is 5.97 Å². The molecule has 0 amide bonds. The van der Waals surface area contributed by atoms with Gasteiger partial charge in [0, 0.05) is 11.6 Å². The van der Waals surface area contributed by atoms with E-state index < -0.39 is 5.82 Å². The lowest BCUT2D eigenvalue weighted by atomic mass is 9.82. The van der Waals surface area contributed by atoms with Crippen LogP contribution in [0.2, 0.25) is 0 Å². The van der Waals surface area contributed by atoms with Gasteiger partial charge < -0.3 is 4.74 Å². The van der Waals surface area contributed by atoms with E-state index in [0.717, 1.165) is 36.8 Å². The van der Waals surface area contributed by atoms with Crippen LogP contribution in [0.25, 0.3) is 0 Å². The molecule has 3 heteroatoms. The van der Waals surface area contributed by atoms with Crippen LogP contribution in [0.15, 0.2) is 55.1 Å². The number of esters is 1. The van der Waals surface area contributed by atoms with Crippen molar-refractivity contribution in [1.82, 2.24) is 0 Å². The van der Waals surface area contributed by atoms with E-state index in [4.69, 9.17) is 4.74 Å². The monoisotopic (exact) mass is 362 g/mol. The van der Waals surface area contributed by atoms with E-state index in [2.05, 4.69) is 18.4 Å². The van der Waals surface area contributed by atoms with Crippen molar-refractivity contribution in [1.29, 1.82) is 0 Å². The van der Waals surface area contributed by atoms with Crippen molar-refractivity contribution >= 4 is 5.97 Å². The van der Waals surface area contributed by atoms with Gasteiger partial charge in [-0.25, -0.2) is 4.39 Å². The quantitative estimate of drug-likeness (QED) is 0.315. The number of benzene rings is 2. The Morgan fingerprint density at radius 2 is 1.81 bits per heavy atom. The van der Waals surface area contributed by atoms with Gasteiger partial charge in [-0.05, 0) is 62.8 Å². The number of hydrogen-bond acceptors (Lipinski definition) is 2. The number of carbonyl (C=O) groups is 1. The molecule has 27 heavy (non-hydrogen) atoms. The van der Waals surface area contributed by atoms with Crippen molar-refractivity contribution in [2.24, 2.45) is 11.8 Å². The van der Waals surface area contributed by atoms with Gasteiger partial charge in [-0.3, -0.25) is 4.79 Å². The Kier molecular flexibility index (Phi) is 6.08. The number of hydrogen-bond donors (Lipinski definition) is 0. The molecule has 0 heterocycles. The first-order valence-electron chi connectivity index (χ1n) is 9.27. The number of aryl methyl sites for hydroxylation is 1. The molecule has 0 unspecified atom stereocenters. The summed E-state index contributed by atoms with van der Waals surface area (Å²) in [4.78, 5) is 12.3. The third kappa shape index (κ3) is 5.08. The fraction of sp³-hybridized carbons (Fsp3) is 0.292. The van der Waals surface area contributed by atoms with E-state index in [1.54, 1.807) is 12.1 Å². The van der Waals surface area contributed by atoms with Crippen molar-refractivity contribution < 1.29 is 13.9 Å². The van der Waals surface area contributed by atoms with Crippen LogP contribution in [0.1, 0.15) is 42.4 Å². The summed E-state index contributed by atoms with van der Waals surface area (Å²) in [5.74, 6) is 5.59. The highest BCUT2D eigenvalue weighted by Gasteiger charge is 2.26. The number of halogens is 1. The summed E-state index contributed by atoms with van der Waals surface area (Å²) < 4.78 is 19.7. The van der Waals surface area contributed by atoms with E-state index in [0.29, 0.717) is 5.92 Å². The standard InChI is InChI=1S/C24H23FO2/c1-3-18-8-12-21(13-9-18)24(26)27-22-15-14-20(23(25)16-22)11-10-19-6-4-17(2)5-7-19/h3-7,14-16,18,21H,1,8-9,12-13H2,2H3. The summed E-state index contributed by atoms with van der Waals surface area (Å²) in [7, 11) is 0. The minimum Gasteiger partial charge on any atom is -0.426 e. The molecule has 0 aromatic heterocycles. The molecular formula is C24H23FO2. The molecule has 1 aliphatic carbocycles. The second kappa shape index (κ2) is 8.68. The zero-order valence-electron chi connectivity index (χ0n) is 15.5. The molecule has 1 fully saturated rings. The second-order valence-electron chi connectivity index (χ2n) is 7.03. The highest BCUT2D eigenvalue weighted by molar-refractivity contribution is 5.75. The van der Waals surface area contributed by atoms with Gasteiger partial charge >= 0.3 is 5.97 Å². The number of rotatable bonds is 3. The van der Waals surface area contributed by atoms with Gasteiger partial charge in [-0.15, -0.1) is 6.58 Å². The smallest absolute Gasteiger partial charge is 0.314 e. The third-order valence-electron chi connectivity index (χ3n) is 4.99. The van der Waals surface area contributed by atoms with Crippen LogP contribution >= 0.6 is 0 Å². The second-order valence-corrected chi connectivity index (χ2v) is 7.03. The van der Waals surface area contributed by atoms with Crippen LogP contribution in [0.5, 0.6) is 5.75 Å². The van der Waals surface area contributed by atoms with Gasteiger partial charge in [0.25, 0.3) is 0 Å². The zero-order chi connectivity index (χ0) is 19.2. The summed E-state index contributed by atoms with van der Waals surface area (Å²) in [5.41, 5.74) is 2.25. The fourth-order valence-electron chi connectivity index (χ4n) is 3.23. The molecule has 0 atom stereocenters. The van der Waals surface area contributed by atoms with Crippen LogP contribution in [-0.2, 0) is 4.79 Å². The minimum absolute atomic E-state index is 0.120. The predicted octanol–water partition coefficient (Wildman–Crippen LogP) is 5.43.